The summed E-state index contributed by atoms with van der Waals surface area (Å²) in [5, 5.41) is 4.04. The van der Waals surface area contributed by atoms with Gasteiger partial charge in [-0.05, 0) is 25.5 Å². The molecule has 1 aliphatic rings. The predicted molar refractivity (Wildman–Crippen MR) is 76.8 cm³/mol. The summed E-state index contributed by atoms with van der Waals surface area (Å²) >= 11 is 1.73. The quantitative estimate of drug-likeness (QED) is 0.899. The van der Waals surface area contributed by atoms with E-state index in [4.69, 9.17) is 0 Å². The third-order valence-electron chi connectivity index (χ3n) is 2.94. The average Bonchev–Trinajstić information content (AvgIpc) is 2.85. The second-order valence-corrected chi connectivity index (χ2v) is 8.04. The van der Waals surface area contributed by atoms with Crippen LogP contribution in [0.2, 0.25) is 0 Å². The van der Waals surface area contributed by atoms with Crippen molar-refractivity contribution in [2.24, 2.45) is 5.92 Å². The van der Waals surface area contributed by atoms with E-state index in [0.29, 0.717) is 6.54 Å². The van der Waals surface area contributed by atoms with Gasteiger partial charge >= 0.3 is 0 Å². The van der Waals surface area contributed by atoms with E-state index in [9.17, 15) is 13.2 Å². The van der Waals surface area contributed by atoms with Crippen LogP contribution in [-0.2, 0) is 21.1 Å². The largest absolute Gasteiger partial charge is 0.356 e. The highest BCUT2D eigenvalue weighted by Gasteiger charge is 2.23. The van der Waals surface area contributed by atoms with Gasteiger partial charge < -0.3 is 5.32 Å². The lowest BCUT2D eigenvalue weighted by Gasteiger charge is -2.07. The highest BCUT2D eigenvalue weighted by atomic mass is 32.2. The Morgan fingerprint density at radius 2 is 2.26 bits per heavy atom. The molecule has 1 aromatic rings. The van der Waals surface area contributed by atoms with Crippen LogP contribution in [0.15, 0.2) is 23.6 Å². The van der Waals surface area contributed by atoms with Gasteiger partial charge in [0, 0.05) is 34.0 Å². The number of aryl methyl sites for hydroxylation is 1. The first-order valence-corrected chi connectivity index (χ1v) is 8.71. The molecule has 0 radical (unpaired) electrons. The molecule has 0 fully saturated rings. The first-order chi connectivity index (χ1) is 8.94. The Morgan fingerprint density at radius 3 is 2.84 bits per heavy atom. The summed E-state index contributed by atoms with van der Waals surface area (Å²) in [7, 11) is -3.06. The van der Waals surface area contributed by atoms with Crippen molar-refractivity contribution < 1.29 is 13.2 Å². The van der Waals surface area contributed by atoms with Crippen molar-refractivity contribution in [1.82, 2.24) is 5.32 Å². The molecule has 0 saturated heterocycles. The van der Waals surface area contributed by atoms with Gasteiger partial charge in [-0.15, -0.1) is 11.3 Å². The van der Waals surface area contributed by atoms with Crippen LogP contribution in [-0.4, -0.2) is 26.6 Å². The maximum atomic E-state index is 11.7. The minimum atomic E-state index is -3.06. The third kappa shape index (κ3) is 4.47. The molecule has 104 valence electrons. The molecule has 0 bridgehead atoms. The van der Waals surface area contributed by atoms with E-state index in [0.717, 1.165) is 6.42 Å². The van der Waals surface area contributed by atoms with Crippen LogP contribution in [0.3, 0.4) is 0 Å². The van der Waals surface area contributed by atoms with E-state index < -0.39 is 9.84 Å². The van der Waals surface area contributed by atoms with E-state index in [1.54, 1.807) is 17.4 Å². The maximum absolute atomic E-state index is 11.7. The van der Waals surface area contributed by atoms with E-state index >= 15 is 0 Å². The van der Waals surface area contributed by atoms with E-state index in [1.165, 1.54) is 15.2 Å². The number of rotatable bonds is 5. The van der Waals surface area contributed by atoms with Crippen LogP contribution < -0.4 is 5.32 Å². The molecule has 2 rings (SSSR count). The molecule has 4 nitrogen and oxygen atoms in total. The molecule has 1 aliphatic heterocycles. The van der Waals surface area contributed by atoms with Gasteiger partial charge in [0.1, 0.15) is 0 Å². The van der Waals surface area contributed by atoms with Crippen LogP contribution in [0.5, 0.6) is 0 Å². The number of sulfone groups is 1. The molecule has 1 aromatic heterocycles. The second kappa shape index (κ2) is 5.88. The molecular weight excluding hydrogens is 282 g/mol. The average molecular weight is 299 g/mol. The Bertz CT molecular complexity index is 587. The molecule has 19 heavy (non-hydrogen) atoms. The molecule has 1 atom stereocenters. The van der Waals surface area contributed by atoms with Crippen molar-refractivity contribution in [3.05, 3.63) is 33.4 Å². The summed E-state index contributed by atoms with van der Waals surface area (Å²) in [5.74, 6) is -0.195. The zero-order valence-corrected chi connectivity index (χ0v) is 12.4. The van der Waals surface area contributed by atoms with Crippen LogP contribution in [0.4, 0.5) is 0 Å². The van der Waals surface area contributed by atoms with Gasteiger partial charge in [0.2, 0.25) is 5.91 Å². The monoisotopic (exact) mass is 299 g/mol. The van der Waals surface area contributed by atoms with Crippen LogP contribution >= 0.6 is 11.3 Å². The number of hydrogen-bond acceptors (Lipinski definition) is 4. The summed E-state index contributed by atoms with van der Waals surface area (Å²) in [4.78, 5) is 14.2. The lowest BCUT2D eigenvalue weighted by atomic mass is 10.1. The Labute approximate surface area is 117 Å². The van der Waals surface area contributed by atoms with Crippen molar-refractivity contribution in [1.29, 1.82) is 0 Å². The first kappa shape index (κ1) is 14.3. The molecule has 0 aliphatic carbocycles. The minimum absolute atomic E-state index is 0.0601. The van der Waals surface area contributed by atoms with Crippen LogP contribution in [0.1, 0.15) is 16.2 Å². The molecule has 6 heteroatoms. The number of amides is 1. The molecule has 0 aromatic carbocycles. The molecule has 0 unspecified atom stereocenters. The maximum Gasteiger partial charge on any atom is 0.220 e. The first-order valence-electron chi connectivity index (χ1n) is 6.17. The Morgan fingerprint density at radius 1 is 1.47 bits per heavy atom. The lowest BCUT2D eigenvalue weighted by molar-refractivity contribution is -0.121. The van der Waals surface area contributed by atoms with Crippen LogP contribution in [0, 0.1) is 12.8 Å². The van der Waals surface area contributed by atoms with Gasteiger partial charge in [0.15, 0.2) is 9.84 Å². The molecule has 0 spiro atoms. The number of carbonyl (C=O) groups is 1. The van der Waals surface area contributed by atoms with Gasteiger partial charge in [-0.25, -0.2) is 8.42 Å². The predicted octanol–water partition coefficient (Wildman–Crippen LogP) is 1.66. The summed E-state index contributed by atoms with van der Waals surface area (Å²) in [6, 6.07) is 4.13. The summed E-state index contributed by atoms with van der Waals surface area (Å²) in [6.07, 6.45) is 2.68. The standard InChI is InChI=1S/C13H17NO3S2/c1-10-2-3-12(18-10)4-6-14-13(15)8-11-5-7-19(16,17)9-11/h2-3,5,7,11H,4,6,8-9H2,1H3,(H,14,15)/t11-/m0/s1. The fourth-order valence-corrected chi connectivity index (χ4v) is 4.31. The zero-order valence-electron chi connectivity index (χ0n) is 10.8. The van der Waals surface area contributed by atoms with Crippen molar-refractivity contribution in [2.75, 3.05) is 12.3 Å². The fraction of sp³-hybridized carbons (Fsp3) is 0.462. The van der Waals surface area contributed by atoms with E-state index in [-0.39, 0.29) is 24.0 Å². The normalized spacial score (nSPS) is 20.6. The van der Waals surface area contributed by atoms with Gasteiger partial charge in [0.05, 0.1) is 5.75 Å². The summed E-state index contributed by atoms with van der Waals surface area (Å²) in [6.45, 7) is 2.65. The van der Waals surface area contributed by atoms with Crippen molar-refractivity contribution >= 4 is 27.1 Å². The van der Waals surface area contributed by atoms with Gasteiger partial charge in [-0.1, -0.05) is 6.08 Å². The number of carbonyl (C=O) groups excluding carboxylic acids is 1. The molecule has 1 amide bonds. The Hall–Kier alpha value is -1.14. The molecular formula is C13H17NO3S2. The van der Waals surface area contributed by atoms with Gasteiger partial charge in [-0.3, -0.25) is 4.79 Å². The van der Waals surface area contributed by atoms with Gasteiger partial charge in [-0.2, -0.15) is 0 Å². The lowest BCUT2D eigenvalue weighted by Crippen LogP contribution is -2.27. The number of thiophene rings is 1. The highest BCUT2D eigenvalue weighted by molar-refractivity contribution is 7.94. The molecule has 1 N–H and O–H groups in total. The third-order valence-corrected chi connectivity index (χ3v) is 5.47. The zero-order chi connectivity index (χ0) is 13.9. The highest BCUT2D eigenvalue weighted by Crippen LogP contribution is 2.18. The number of hydrogen-bond donors (Lipinski definition) is 1. The van der Waals surface area contributed by atoms with Crippen LogP contribution in [0.25, 0.3) is 0 Å². The summed E-state index contributed by atoms with van der Waals surface area (Å²) < 4.78 is 22.4. The summed E-state index contributed by atoms with van der Waals surface area (Å²) in [5.41, 5.74) is 0. The molecule has 0 saturated carbocycles. The van der Waals surface area contributed by atoms with Gasteiger partial charge in [0.25, 0.3) is 0 Å². The smallest absolute Gasteiger partial charge is 0.220 e. The molecule has 2 heterocycles. The number of nitrogens with one attached hydrogen (secondary N) is 1. The topological polar surface area (TPSA) is 63.2 Å². The minimum Gasteiger partial charge on any atom is -0.356 e. The number of allylic oxidation sites excluding steroid dienone is 1. The van der Waals surface area contributed by atoms with Crippen molar-refractivity contribution in [3.63, 3.8) is 0 Å². The van der Waals surface area contributed by atoms with Crippen molar-refractivity contribution in [3.8, 4) is 0 Å². The Balaban J connectivity index is 1.69. The second-order valence-electron chi connectivity index (χ2n) is 4.73. The van der Waals surface area contributed by atoms with E-state index in [2.05, 4.69) is 24.4 Å². The fourth-order valence-electron chi connectivity index (χ4n) is 2.02. The Kier molecular flexibility index (Phi) is 4.42. The van der Waals surface area contributed by atoms with E-state index in [1.807, 2.05) is 0 Å². The van der Waals surface area contributed by atoms with Crippen molar-refractivity contribution in [2.45, 2.75) is 19.8 Å². The SMILES string of the molecule is Cc1ccc(CCNC(=O)C[C@@H]2C=CS(=O)(=O)C2)s1.